The molecule has 1 aromatic heterocycles. The third-order valence-electron chi connectivity index (χ3n) is 1.96. The summed E-state index contributed by atoms with van der Waals surface area (Å²) in [5.74, 6) is -0.0660. The fourth-order valence-corrected chi connectivity index (χ4v) is 1.93. The predicted molar refractivity (Wildman–Crippen MR) is 48.5 cm³/mol. The summed E-state index contributed by atoms with van der Waals surface area (Å²) in [6.45, 7) is 3.16. The van der Waals surface area contributed by atoms with Gasteiger partial charge in [0, 0.05) is 5.38 Å². The highest BCUT2D eigenvalue weighted by Crippen LogP contribution is 2.15. The summed E-state index contributed by atoms with van der Waals surface area (Å²) >= 11 is 1.30. The lowest BCUT2D eigenvalue weighted by atomic mass is 10.2. The highest BCUT2D eigenvalue weighted by Gasteiger charge is 2.22. The van der Waals surface area contributed by atoms with Crippen molar-refractivity contribution in [3.8, 4) is 0 Å². The lowest BCUT2D eigenvalue weighted by Crippen LogP contribution is -2.26. The smallest absolute Gasteiger partial charge is 0.271 e. The Morgan fingerprint density at radius 3 is 3.15 bits per heavy atom. The first-order valence-corrected chi connectivity index (χ1v) is 4.98. The van der Waals surface area contributed by atoms with Gasteiger partial charge in [-0.15, -0.1) is 0 Å². The molecule has 4 nitrogen and oxygen atoms in total. The standard InChI is InChI=1S/C8H10N2O2S/c1-6-7(5-13-9-6)8(11)10-3-2-4-12-10/h5H,2-4H2,1H3. The van der Waals surface area contributed by atoms with Crippen LogP contribution >= 0.6 is 11.5 Å². The molecule has 1 fully saturated rings. The molecule has 0 atom stereocenters. The number of amides is 1. The summed E-state index contributed by atoms with van der Waals surface area (Å²) in [5, 5.41) is 3.18. The van der Waals surface area contributed by atoms with Crippen LogP contribution in [0.4, 0.5) is 0 Å². The van der Waals surface area contributed by atoms with Gasteiger partial charge in [-0.2, -0.15) is 4.37 Å². The summed E-state index contributed by atoms with van der Waals surface area (Å²) in [7, 11) is 0. The summed E-state index contributed by atoms with van der Waals surface area (Å²) in [4.78, 5) is 16.9. The van der Waals surface area contributed by atoms with Crippen LogP contribution < -0.4 is 0 Å². The zero-order chi connectivity index (χ0) is 9.26. The second-order valence-corrected chi connectivity index (χ2v) is 3.54. The Bertz CT molecular complexity index is 318. The van der Waals surface area contributed by atoms with Gasteiger partial charge in [0.1, 0.15) is 0 Å². The minimum atomic E-state index is -0.0660. The number of hydroxylamine groups is 2. The molecule has 0 unspecified atom stereocenters. The molecule has 1 aliphatic rings. The van der Waals surface area contributed by atoms with Gasteiger partial charge in [-0.1, -0.05) is 0 Å². The number of aromatic nitrogens is 1. The van der Waals surface area contributed by atoms with Crippen molar-refractivity contribution in [1.29, 1.82) is 0 Å². The van der Waals surface area contributed by atoms with Crippen LogP contribution in [0.3, 0.4) is 0 Å². The van der Waals surface area contributed by atoms with Crippen LogP contribution in [0.2, 0.25) is 0 Å². The van der Waals surface area contributed by atoms with Crippen LogP contribution in [0.15, 0.2) is 5.38 Å². The Hall–Kier alpha value is -0.940. The molecule has 0 aromatic carbocycles. The number of hydrogen-bond donors (Lipinski definition) is 0. The third kappa shape index (κ3) is 1.57. The third-order valence-corrected chi connectivity index (χ3v) is 2.68. The largest absolute Gasteiger partial charge is 0.280 e. The van der Waals surface area contributed by atoms with Gasteiger partial charge in [0.15, 0.2) is 0 Å². The fraction of sp³-hybridized carbons (Fsp3) is 0.500. The van der Waals surface area contributed by atoms with Gasteiger partial charge in [-0.3, -0.25) is 9.63 Å². The van der Waals surface area contributed by atoms with Crippen molar-refractivity contribution in [2.24, 2.45) is 0 Å². The molecule has 70 valence electrons. The Kier molecular flexibility index (Phi) is 2.28. The van der Waals surface area contributed by atoms with E-state index < -0.39 is 0 Å². The van der Waals surface area contributed by atoms with Gasteiger partial charge in [0.25, 0.3) is 5.91 Å². The van der Waals surface area contributed by atoms with E-state index in [1.807, 2.05) is 6.92 Å². The predicted octanol–water partition coefficient (Wildman–Crippen LogP) is 1.23. The Balaban J connectivity index is 2.17. The Morgan fingerprint density at radius 2 is 2.62 bits per heavy atom. The molecule has 0 radical (unpaired) electrons. The van der Waals surface area contributed by atoms with Crippen LogP contribution in [0.1, 0.15) is 22.5 Å². The van der Waals surface area contributed by atoms with E-state index in [1.165, 1.54) is 16.6 Å². The first-order chi connectivity index (χ1) is 6.29. The lowest BCUT2D eigenvalue weighted by Gasteiger charge is -2.12. The number of rotatable bonds is 1. The summed E-state index contributed by atoms with van der Waals surface area (Å²) in [6, 6.07) is 0. The summed E-state index contributed by atoms with van der Waals surface area (Å²) in [5.41, 5.74) is 1.44. The van der Waals surface area contributed by atoms with E-state index in [0.29, 0.717) is 18.7 Å². The van der Waals surface area contributed by atoms with Crippen LogP contribution in [-0.2, 0) is 4.84 Å². The van der Waals surface area contributed by atoms with Gasteiger partial charge >= 0.3 is 0 Å². The van der Waals surface area contributed by atoms with Crippen molar-refractivity contribution >= 4 is 17.4 Å². The minimum absolute atomic E-state index is 0.0660. The SMILES string of the molecule is Cc1nscc1C(=O)N1CCCO1. The number of nitrogens with zero attached hydrogens (tertiary/aromatic N) is 2. The van der Waals surface area contributed by atoms with Gasteiger partial charge in [0.2, 0.25) is 0 Å². The average Bonchev–Trinajstić information content (AvgIpc) is 2.72. The van der Waals surface area contributed by atoms with Crippen LogP contribution in [-0.4, -0.2) is 28.5 Å². The second kappa shape index (κ2) is 3.43. The first-order valence-electron chi connectivity index (χ1n) is 4.15. The number of aryl methyl sites for hydroxylation is 1. The molecule has 0 spiro atoms. The van der Waals surface area contributed by atoms with Crippen molar-refractivity contribution in [3.05, 3.63) is 16.6 Å². The van der Waals surface area contributed by atoms with Crippen LogP contribution in [0.5, 0.6) is 0 Å². The Labute approximate surface area is 80.2 Å². The summed E-state index contributed by atoms with van der Waals surface area (Å²) in [6.07, 6.45) is 0.919. The minimum Gasteiger partial charge on any atom is -0.271 e. The molecule has 0 aliphatic carbocycles. The second-order valence-electron chi connectivity index (χ2n) is 2.91. The maximum atomic E-state index is 11.7. The number of carbonyl (C=O) groups excluding carboxylic acids is 1. The van der Waals surface area contributed by atoms with Crippen molar-refractivity contribution in [3.63, 3.8) is 0 Å². The molecule has 13 heavy (non-hydrogen) atoms. The van der Waals surface area contributed by atoms with E-state index in [0.717, 1.165) is 12.1 Å². The van der Waals surface area contributed by atoms with E-state index in [4.69, 9.17) is 4.84 Å². The van der Waals surface area contributed by atoms with Crippen molar-refractivity contribution in [2.45, 2.75) is 13.3 Å². The molecule has 0 saturated carbocycles. The normalized spacial score (nSPS) is 16.5. The van der Waals surface area contributed by atoms with E-state index in [1.54, 1.807) is 5.38 Å². The number of hydrogen-bond acceptors (Lipinski definition) is 4. The molecule has 2 heterocycles. The zero-order valence-corrected chi connectivity index (χ0v) is 8.13. The lowest BCUT2D eigenvalue weighted by molar-refractivity contribution is -0.0768. The van der Waals surface area contributed by atoms with E-state index in [9.17, 15) is 4.79 Å². The molecule has 1 saturated heterocycles. The van der Waals surface area contributed by atoms with Crippen molar-refractivity contribution < 1.29 is 9.63 Å². The topological polar surface area (TPSA) is 42.4 Å². The van der Waals surface area contributed by atoms with Gasteiger partial charge < -0.3 is 0 Å². The van der Waals surface area contributed by atoms with Crippen LogP contribution in [0, 0.1) is 6.92 Å². The fourth-order valence-electron chi connectivity index (χ4n) is 1.24. The monoisotopic (exact) mass is 198 g/mol. The van der Waals surface area contributed by atoms with Gasteiger partial charge in [0.05, 0.1) is 24.4 Å². The average molecular weight is 198 g/mol. The van der Waals surface area contributed by atoms with Gasteiger partial charge in [-0.05, 0) is 24.9 Å². The highest BCUT2D eigenvalue weighted by atomic mass is 32.1. The van der Waals surface area contributed by atoms with Crippen molar-refractivity contribution in [1.82, 2.24) is 9.44 Å². The molecule has 2 rings (SSSR count). The molecule has 1 aromatic rings. The summed E-state index contributed by atoms with van der Waals surface area (Å²) < 4.78 is 4.05. The van der Waals surface area contributed by atoms with E-state index >= 15 is 0 Å². The van der Waals surface area contributed by atoms with Crippen molar-refractivity contribution in [2.75, 3.05) is 13.2 Å². The van der Waals surface area contributed by atoms with E-state index in [2.05, 4.69) is 4.37 Å². The molecule has 5 heteroatoms. The molecular weight excluding hydrogens is 188 g/mol. The maximum Gasteiger partial charge on any atom is 0.280 e. The van der Waals surface area contributed by atoms with Gasteiger partial charge in [-0.25, -0.2) is 5.06 Å². The first kappa shape index (κ1) is 8.65. The highest BCUT2D eigenvalue weighted by molar-refractivity contribution is 7.03. The molecule has 0 bridgehead atoms. The molecule has 1 amide bonds. The molecule has 0 N–H and O–H groups in total. The quantitative estimate of drug-likeness (QED) is 0.681. The molecular formula is C8H10N2O2S. The molecule has 1 aliphatic heterocycles. The van der Waals surface area contributed by atoms with Crippen LogP contribution in [0.25, 0.3) is 0 Å². The number of carbonyl (C=O) groups is 1. The zero-order valence-electron chi connectivity index (χ0n) is 7.32. The Morgan fingerprint density at radius 1 is 1.77 bits per heavy atom. The van der Waals surface area contributed by atoms with E-state index in [-0.39, 0.29) is 5.91 Å². The maximum absolute atomic E-state index is 11.7.